The van der Waals surface area contributed by atoms with E-state index in [0.717, 1.165) is 24.7 Å². The van der Waals surface area contributed by atoms with E-state index in [1.165, 1.54) is 6.42 Å². The highest BCUT2D eigenvalue weighted by Crippen LogP contribution is 2.52. The second-order valence-corrected chi connectivity index (χ2v) is 6.60. The van der Waals surface area contributed by atoms with Gasteiger partial charge >= 0.3 is 6.09 Å². The van der Waals surface area contributed by atoms with Crippen LogP contribution in [0.25, 0.3) is 0 Å². The van der Waals surface area contributed by atoms with E-state index in [-0.39, 0.29) is 6.10 Å². The standard InChI is InChI=1S/C13H22N2O3/c1-13(2,3)10(11(14)16)15-12(17)18-9-5-7-4-8(7)6-9/h7-10H,4-6H2,1-3H3,(H2,14,16)(H,15,17)/t7-,8+,9?,10-/m1/s1. The van der Waals surface area contributed by atoms with Crippen LogP contribution in [0.5, 0.6) is 0 Å². The smallest absolute Gasteiger partial charge is 0.408 e. The molecule has 5 nitrogen and oxygen atoms in total. The molecule has 0 radical (unpaired) electrons. The summed E-state index contributed by atoms with van der Waals surface area (Å²) in [7, 11) is 0. The Labute approximate surface area is 107 Å². The summed E-state index contributed by atoms with van der Waals surface area (Å²) in [6, 6.07) is -0.707. The molecule has 0 aromatic heterocycles. The number of ether oxygens (including phenoxy) is 1. The summed E-state index contributed by atoms with van der Waals surface area (Å²) in [4.78, 5) is 23.1. The molecule has 0 aromatic carbocycles. The normalized spacial score (nSPS) is 31.4. The van der Waals surface area contributed by atoms with Crippen LogP contribution in [0.15, 0.2) is 0 Å². The van der Waals surface area contributed by atoms with Gasteiger partial charge in [-0.3, -0.25) is 4.79 Å². The number of carbonyl (C=O) groups excluding carboxylic acids is 2. The van der Waals surface area contributed by atoms with Gasteiger partial charge < -0.3 is 15.8 Å². The average molecular weight is 254 g/mol. The van der Waals surface area contributed by atoms with Gasteiger partial charge in [-0.25, -0.2) is 4.79 Å². The van der Waals surface area contributed by atoms with E-state index in [4.69, 9.17) is 10.5 Å². The first-order chi connectivity index (χ1) is 8.27. The van der Waals surface area contributed by atoms with E-state index in [9.17, 15) is 9.59 Å². The summed E-state index contributed by atoms with van der Waals surface area (Å²) in [6.45, 7) is 5.56. The lowest BCUT2D eigenvalue weighted by molar-refractivity contribution is -0.122. The van der Waals surface area contributed by atoms with Crippen molar-refractivity contribution in [1.29, 1.82) is 0 Å². The van der Waals surface area contributed by atoms with Gasteiger partial charge in [0.2, 0.25) is 5.91 Å². The van der Waals surface area contributed by atoms with Crippen molar-refractivity contribution in [2.45, 2.75) is 52.2 Å². The Kier molecular flexibility index (Phi) is 3.25. The van der Waals surface area contributed by atoms with Gasteiger partial charge in [-0.1, -0.05) is 20.8 Å². The third-order valence-corrected chi connectivity index (χ3v) is 3.89. The van der Waals surface area contributed by atoms with Crippen LogP contribution in [-0.4, -0.2) is 24.1 Å². The van der Waals surface area contributed by atoms with Crippen molar-refractivity contribution in [1.82, 2.24) is 5.32 Å². The van der Waals surface area contributed by atoms with Crippen molar-refractivity contribution in [2.75, 3.05) is 0 Å². The van der Waals surface area contributed by atoms with Crippen LogP contribution in [0.2, 0.25) is 0 Å². The molecule has 0 spiro atoms. The van der Waals surface area contributed by atoms with Crippen molar-refractivity contribution in [2.24, 2.45) is 23.0 Å². The quantitative estimate of drug-likeness (QED) is 0.799. The van der Waals surface area contributed by atoms with Gasteiger partial charge in [0.15, 0.2) is 0 Å². The summed E-state index contributed by atoms with van der Waals surface area (Å²) in [5.74, 6) is 0.989. The number of hydrogen-bond donors (Lipinski definition) is 2. The number of primary amides is 1. The first-order valence-electron chi connectivity index (χ1n) is 6.54. The third kappa shape index (κ3) is 2.94. The topological polar surface area (TPSA) is 81.4 Å². The Morgan fingerprint density at radius 2 is 1.78 bits per heavy atom. The van der Waals surface area contributed by atoms with Crippen LogP contribution >= 0.6 is 0 Å². The monoisotopic (exact) mass is 254 g/mol. The highest BCUT2D eigenvalue weighted by atomic mass is 16.6. The molecule has 0 aliphatic heterocycles. The summed E-state index contributed by atoms with van der Waals surface area (Å²) in [6.07, 6.45) is 2.71. The second kappa shape index (κ2) is 4.44. The van der Waals surface area contributed by atoms with E-state index in [0.29, 0.717) is 0 Å². The summed E-state index contributed by atoms with van der Waals surface area (Å²) in [5, 5.41) is 2.58. The molecule has 0 saturated heterocycles. The van der Waals surface area contributed by atoms with Crippen molar-refractivity contribution in [3.8, 4) is 0 Å². The molecular weight excluding hydrogens is 232 g/mol. The van der Waals surface area contributed by atoms with Crippen LogP contribution in [0, 0.1) is 17.3 Å². The van der Waals surface area contributed by atoms with Crippen molar-refractivity contribution >= 4 is 12.0 Å². The Morgan fingerprint density at radius 1 is 1.22 bits per heavy atom. The number of carbonyl (C=O) groups is 2. The maximum Gasteiger partial charge on any atom is 0.408 e. The van der Waals surface area contributed by atoms with E-state index in [2.05, 4.69) is 5.32 Å². The van der Waals surface area contributed by atoms with E-state index in [1.54, 1.807) is 0 Å². The number of fused-ring (bicyclic) bond motifs is 1. The molecule has 2 amide bonds. The molecule has 3 N–H and O–H groups in total. The molecule has 102 valence electrons. The van der Waals surface area contributed by atoms with Crippen LogP contribution in [0.3, 0.4) is 0 Å². The van der Waals surface area contributed by atoms with Gasteiger partial charge in [0.1, 0.15) is 12.1 Å². The van der Waals surface area contributed by atoms with Crippen molar-refractivity contribution in [3.63, 3.8) is 0 Å². The van der Waals surface area contributed by atoms with Crippen LogP contribution in [-0.2, 0) is 9.53 Å². The molecule has 4 atom stereocenters. The van der Waals surface area contributed by atoms with Gasteiger partial charge in [-0.2, -0.15) is 0 Å². The van der Waals surface area contributed by atoms with Gasteiger partial charge in [-0.05, 0) is 36.5 Å². The summed E-state index contributed by atoms with van der Waals surface area (Å²) >= 11 is 0. The third-order valence-electron chi connectivity index (χ3n) is 3.89. The lowest BCUT2D eigenvalue weighted by atomic mass is 9.86. The zero-order chi connectivity index (χ0) is 13.5. The van der Waals surface area contributed by atoms with Gasteiger partial charge in [0, 0.05) is 0 Å². The largest absolute Gasteiger partial charge is 0.446 e. The Balaban J connectivity index is 1.83. The predicted octanol–water partition coefficient (Wildman–Crippen LogP) is 1.41. The number of rotatable bonds is 3. The summed E-state index contributed by atoms with van der Waals surface area (Å²) in [5.41, 5.74) is 4.89. The zero-order valence-corrected chi connectivity index (χ0v) is 11.2. The SMILES string of the molecule is CC(C)(C)[C@H](NC(=O)OC1C[C@@H]2C[C@@H]2C1)C(N)=O. The summed E-state index contributed by atoms with van der Waals surface area (Å²) < 4.78 is 5.33. The molecule has 0 aromatic rings. The van der Waals surface area contributed by atoms with E-state index in [1.807, 2.05) is 20.8 Å². The number of nitrogens with two attached hydrogens (primary N) is 1. The molecule has 2 aliphatic rings. The second-order valence-electron chi connectivity index (χ2n) is 6.60. The van der Waals surface area contributed by atoms with Gasteiger partial charge in [0.05, 0.1) is 0 Å². The molecule has 2 rings (SSSR count). The molecule has 2 saturated carbocycles. The van der Waals surface area contributed by atoms with Crippen LogP contribution in [0.1, 0.15) is 40.0 Å². The molecule has 0 heterocycles. The molecule has 5 heteroatoms. The highest BCUT2D eigenvalue weighted by molar-refractivity contribution is 5.85. The molecule has 2 aliphatic carbocycles. The minimum atomic E-state index is -0.707. The minimum Gasteiger partial charge on any atom is -0.446 e. The fraction of sp³-hybridized carbons (Fsp3) is 0.846. The van der Waals surface area contributed by atoms with Crippen LogP contribution in [0.4, 0.5) is 4.79 Å². The Morgan fingerprint density at radius 3 is 2.22 bits per heavy atom. The first-order valence-corrected chi connectivity index (χ1v) is 6.54. The lowest BCUT2D eigenvalue weighted by Gasteiger charge is -2.28. The number of alkyl carbamates (subject to hydrolysis) is 1. The lowest BCUT2D eigenvalue weighted by Crippen LogP contribution is -2.52. The number of nitrogens with one attached hydrogen (secondary N) is 1. The fourth-order valence-corrected chi connectivity index (χ4v) is 2.77. The molecule has 1 unspecified atom stereocenters. The van der Waals surface area contributed by atoms with Crippen LogP contribution < -0.4 is 11.1 Å². The fourth-order valence-electron chi connectivity index (χ4n) is 2.77. The maximum atomic E-state index is 11.7. The van der Waals surface area contributed by atoms with Gasteiger partial charge in [-0.15, -0.1) is 0 Å². The first kappa shape index (κ1) is 13.2. The van der Waals surface area contributed by atoms with Gasteiger partial charge in [0.25, 0.3) is 0 Å². The number of hydrogen-bond acceptors (Lipinski definition) is 3. The Bertz CT molecular complexity index is 352. The van der Waals surface area contributed by atoms with E-state index >= 15 is 0 Å². The van der Waals surface area contributed by atoms with Crippen molar-refractivity contribution < 1.29 is 14.3 Å². The van der Waals surface area contributed by atoms with Crippen molar-refractivity contribution in [3.05, 3.63) is 0 Å². The molecule has 0 bridgehead atoms. The molecular formula is C13H22N2O3. The Hall–Kier alpha value is -1.26. The average Bonchev–Trinajstić information content (AvgIpc) is 2.81. The number of amides is 2. The molecule has 18 heavy (non-hydrogen) atoms. The highest BCUT2D eigenvalue weighted by Gasteiger charge is 2.47. The van der Waals surface area contributed by atoms with E-state index < -0.39 is 23.5 Å². The molecule has 2 fully saturated rings. The zero-order valence-electron chi connectivity index (χ0n) is 11.2. The minimum absolute atomic E-state index is 0.0160. The predicted molar refractivity (Wildman–Crippen MR) is 66.7 cm³/mol. The maximum absolute atomic E-state index is 11.7.